The number of carbonyl (C=O) groups excluding carboxylic acids is 1. The van der Waals surface area contributed by atoms with E-state index >= 15 is 0 Å². The fraction of sp³-hybridized carbons (Fsp3) is 0.364. The summed E-state index contributed by atoms with van der Waals surface area (Å²) in [7, 11) is 1.55. The number of hydrogen-bond acceptors (Lipinski definition) is 7. The van der Waals surface area contributed by atoms with Crippen LogP contribution in [0.3, 0.4) is 0 Å². The van der Waals surface area contributed by atoms with Gasteiger partial charge in [-0.1, -0.05) is 35.5 Å². The van der Waals surface area contributed by atoms with Crippen LogP contribution in [0.2, 0.25) is 0 Å². The van der Waals surface area contributed by atoms with E-state index in [-0.39, 0.29) is 18.4 Å². The summed E-state index contributed by atoms with van der Waals surface area (Å²) in [6.07, 6.45) is 3.13. The molecule has 1 amide bonds. The number of methoxy groups -OCH3 is 1. The van der Waals surface area contributed by atoms with Crippen molar-refractivity contribution >= 4 is 5.91 Å². The number of amides is 1. The third-order valence-electron chi connectivity index (χ3n) is 5.16. The van der Waals surface area contributed by atoms with Gasteiger partial charge in [0.1, 0.15) is 6.61 Å². The van der Waals surface area contributed by atoms with Gasteiger partial charge in [0.05, 0.1) is 19.3 Å². The first kappa shape index (κ1) is 20.0. The van der Waals surface area contributed by atoms with Crippen LogP contribution in [0, 0.1) is 0 Å². The predicted octanol–water partition coefficient (Wildman–Crippen LogP) is 3.21. The molecule has 1 aliphatic rings. The van der Waals surface area contributed by atoms with Crippen LogP contribution in [0.4, 0.5) is 0 Å². The van der Waals surface area contributed by atoms with Crippen LogP contribution in [0.5, 0.6) is 5.88 Å². The van der Waals surface area contributed by atoms with Crippen LogP contribution < -0.4 is 4.74 Å². The molecular weight excluding hydrogens is 384 g/mol. The number of carbonyl (C=O) groups is 1. The van der Waals surface area contributed by atoms with Gasteiger partial charge >= 0.3 is 0 Å². The molecule has 1 saturated heterocycles. The van der Waals surface area contributed by atoms with Crippen molar-refractivity contribution in [2.45, 2.75) is 32.0 Å². The number of likely N-dealkylation sites (tertiary alicyclic amines) is 1. The van der Waals surface area contributed by atoms with Gasteiger partial charge in [0.15, 0.2) is 5.82 Å². The molecule has 1 aromatic carbocycles. The number of pyridine rings is 1. The van der Waals surface area contributed by atoms with Crippen molar-refractivity contribution in [3.8, 4) is 5.88 Å². The SMILES string of the molecule is COc1ccc(C(=O)N2CCC(c3noc(COCc4ccccc4)n3)CC2)cn1. The number of piperidine rings is 1. The third kappa shape index (κ3) is 4.83. The normalized spacial score (nSPS) is 14.6. The standard InChI is InChI=1S/C22H24N4O4/c1-28-19-8-7-18(13-23-19)22(27)26-11-9-17(10-12-26)21-24-20(30-25-21)15-29-14-16-5-3-2-4-6-16/h2-8,13,17H,9-12,14-15H2,1H3. The van der Waals surface area contributed by atoms with Crippen molar-refractivity contribution in [3.05, 3.63) is 71.5 Å². The van der Waals surface area contributed by atoms with Gasteiger partial charge in [0.2, 0.25) is 5.88 Å². The lowest BCUT2D eigenvalue weighted by atomic mass is 9.96. The van der Waals surface area contributed by atoms with Crippen molar-refractivity contribution < 1.29 is 18.8 Å². The monoisotopic (exact) mass is 408 g/mol. The second-order valence-corrected chi connectivity index (χ2v) is 7.18. The van der Waals surface area contributed by atoms with Gasteiger partial charge in [0.25, 0.3) is 11.8 Å². The summed E-state index contributed by atoms with van der Waals surface area (Å²) in [6.45, 7) is 2.07. The molecule has 0 spiro atoms. The average Bonchev–Trinajstić information content (AvgIpc) is 3.28. The van der Waals surface area contributed by atoms with Gasteiger partial charge in [-0.25, -0.2) is 4.98 Å². The van der Waals surface area contributed by atoms with Crippen molar-refractivity contribution in [2.24, 2.45) is 0 Å². The van der Waals surface area contributed by atoms with Crippen molar-refractivity contribution in [1.82, 2.24) is 20.0 Å². The molecule has 1 aliphatic heterocycles. The molecule has 8 nitrogen and oxygen atoms in total. The molecule has 4 rings (SSSR count). The largest absolute Gasteiger partial charge is 0.481 e. The summed E-state index contributed by atoms with van der Waals surface area (Å²) in [5.41, 5.74) is 1.66. The zero-order chi connectivity index (χ0) is 20.8. The Hall–Kier alpha value is -3.26. The first-order chi connectivity index (χ1) is 14.7. The van der Waals surface area contributed by atoms with Gasteiger partial charge < -0.3 is 18.9 Å². The highest BCUT2D eigenvalue weighted by molar-refractivity contribution is 5.94. The first-order valence-corrected chi connectivity index (χ1v) is 9.96. The minimum atomic E-state index is -0.0216. The quantitative estimate of drug-likeness (QED) is 0.593. The van der Waals surface area contributed by atoms with E-state index in [1.54, 1.807) is 25.4 Å². The van der Waals surface area contributed by atoms with E-state index in [0.717, 1.165) is 18.4 Å². The molecule has 0 radical (unpaired) electrons. The molecule has 30 heavy (non-hydrogen) atoms. The summed E-state index contributed by atoms with van der Waals surface area (Å²) in [5.74, 6) is 1.81. The van der Waals surface area contributed by atoms with Crippen molar-refractivity contribution in [1.29, 1.82) is 0 Å². The van der Waals surface area contributed by atoms with Crippen LogP contribution in [0.25, 0.3) is 0 Å². The Morgan fingerprint density at radius 1 is 1.13 bits per heavy atom. The van der Waals surface area contributed by atoms with E-state index in [2.05, 4.69) is 15.1 Å². The fourth-order valence-electron chi connectivity index (χ4n) is 3.47. The molecule has 156 valence electrons. The van der Waals surface area contributed by atoms with Crippen LogP contribution in [0.1, 0.15) is 46.4 Å². The summed E-state index contributed by atoms with van der Waals surface area (Å²) in [6, 6.07) is 13.4. The molecule has 2 aromatic heterocycles. The lowest BCUT2D eigenvalue weighted by Gasteiger charge is -2.30. The molecular formula is C22H24N4O4. The molecule has 0 aliphatic carbocycles. The number of ether oxygens (including phenoxy) is 2. The second-order valence-electron chi connectivity index (χ2n) is 7.18. The van der Waals surface area contributed by atoms with E-state index in [4.69, 9.17) is 14.0 Å². The van der Waals surface area contributed by atoms with E-state index < -0.39 is 0 Å². The van der Waals surface area contributed by atoms with Gasteiger partial charge in [0, 0.05) is 31.3 Å². The van der Waals surface area contributed by atoms with Gasteiger partial charge in [-0.3, -0.25) is 4.79 Å². The smallest absolute Gasteiger partial charge is 0.255 e. The Morgan fingerprint density at radius 3 is 2.63 bits per heavy atom. The average molecular weight is 408 g/mol. The Bertz CT molecular complexity index is 951. The Balaban J connectivity index is 1.26. The summed E-state index contributed by atoms with van der Waals surface area (Å²) in [4.78, 5) is 23.1. The molecule has 0 N–H and O–H groups in total. The lowest BCUT2D eigenvalue weighted by Crippen LogP contribution is -2.38. The molecule has 0 bridgehead atoms. The Morgan fingerprint density at radius 2 is 1.93 bits per heavy atom. The highest BCUT2D eigenvalue weighted by atomic mass is 16.5. The molecule has 3 aromatic rings. The molecule has 0 atom stereocenters. The van der Waals surface area contributed by atoms with Gasteiger partial charge in [-0.05, 0) is 24.5 Å². The maximum atomic E-state index is 12.7. The molecule has 1 fully saturated rings. The number of nitrogens with zero attached hydrogens (tertiary/aromatic N) is 4. The Kier molecular flexibility index (Phi) is 6.34. The molecule has 0 saturated carbocycles. The topological polar surface area (TPSA) is 90.6 Å². The summed E-state index contributed by atoms with van der Waals surface area (Å²) >= 11 is 0. The van der Waals surface area contributed by atoms with E-state index in [1.807, 2.05) is 35.2 Å². The fourth-order valence-corrected chi connectivity index (χ4v) is 3.47. The zero-order valence-electron chi connectivity index (χ0n) is 16.9. The van der Waals surface area contributed by atoms with E-state index in [9.17, 15) is 4.79 Å². The van der Waals surface area contributed by atoms with Crippen LogP contribution in [-0.4, -0.2) is 46.1 Å². The van der Waals surface area contributed by atoms with Gasteiger partial charge in [-0.15, -0.1) is 0 Å². The highest BCUT2D eigenvalue weighted by Gasteiger charge is 2.27. The Labute approximate surface area is 174 Å². The summed E-state index contributed by atoms with van der Waals surface area (Å²) in [5, 5.41) is 4.12. The lowest BCUT2D eigenvalue weighted by molar-refractivity contribution is 0.0710. The predicted molar refractivity (Wildman–Crippen MR) is 108 cm³/mol. The maximum Gasteiger partial charge on any atom is 0.255 e. The third-order valence-corrected chi connectivity index (χ3v) is 5.16. The summed E-state index contributed by atoms with van der Waals surface area (Å²) < 4.78 is 16.0. The number of rotatable bonds is 7. The number of hydrogen-bond donors (Lipinski definition) is 0. The minimum Gasteiger partial charge on any atom is -0.481 e. The molecule has 8 heteroatoms. The van der Waals surface area contributed by atoms with Crippen molar-refractivity contribution in [3.63, 3.8) is 0 Å². The molecule has 3 heterocycles. The maximum absolute atomic E-state index is 12.7. The second kappa shape index (κ2) is 9.49. The van der Waals surface area contributed by atoms with Crippen molar-refractivity contribution in [2.75, 3.05) is 20.2 Å². The van der Waals surface area contributed by atoms with Crippen LogP contribution in [0.15, 0.2) is 53.2 Å². The van der Waals surface area contributed by atoms with E-state index in [1.165, 1.54) is 0 Å². The first-order valence-electron chi connectivity index (χ1n) is 9.96. The molecule has 0 unspecified atom stereocenters. The van der Waals surface area contributed by atoms with Crippen LogP contribution >= 0.6 is 0 Å². The number of benzene rings is 1. The van der Waals surface area contributed by atoms with E-state index in [0.29, 0.717) is 42.9 Å². The highest BCUT2D eigenvalue weighted by Crippen LogP contribution is 2.27. The minimum absolute atomic E-state index is 0.0216. The number of aromatic nitrogens is 3. The zero-order valence-corrected chi connectivity index (χ0v) is 16.9. The van der Waals surface area contributed by atoms with Crippen LogP contribution in [-0.2, 0) is 18.0 Å². The van der Waals surface area contributed by atoms with Gasteiger partial charge in [-0.2, -0.15) is 4.98 Å².